The number of aromatic hydroxyl groups is 1. The van der Waals surface area contributed by atoms with Crippen molar-refractivity contribution in [3.63, 3.8) is 0 Å². The zero-order chi connectivity index (χ0) is 16.6. The van der Waals surface area contributed by atoms with Gasteiger partial charge in [-0.1, -0.05) is 6.07 Å². The van der Waals surface area contributed by atoms with Gasteiger partial charge in [-0.25, -0.2) is 4.31 Å². The lowest BCUT2D eigenvalue weighted by atomic mass is 10.1. The molecule has 1 aliphatic heterocycles. The standard InChI is InChI=1S/C14H11N3O5S/c18-12-3-1-9-7-15(8-10(9)5-12)23-14-4-2-11(16(19)20)6-13(14)17(21)22/h1-6,18H,7-8H2. The van der Waals surface area contributed by atoms with Gasteiger partial charge < -0.3 is 5.11 Å². The molecule has 1 aliphatic rings. The lowest BCUT2D eigenvalue weighted by molar-refractivity contribution is -0.396. The Morgan fingerprint density at radius 3 is 2.43 bits per heavy atom. The molecule has 3 rings (SSSR count). The van der Waals surface area contributed by atoms with E-state index in [2.05, 4.69) is 0 Å². The van der Waals surface area contributed by atoms with Crippen molar-refractivity contribution in [2.45, 2.75) is 18.0 Å². The van der Waals surface area contributed by atoms with Crippen molar-refractivity contribution in [1.29, 1.82) is 0 Å². The van der Waals surface area contributed by atoms with Crippen LogP contribution in [0.4, 0.5) is 11.4 Å². The Bertz CT molecular complexity index is 811. The second-order valence-corrected chi connectivity index (χ2v) is 6.15. The highest BCUT2D eigenvalue weighted by Crippen LogP contribution is 2.39. The Balaban J connectivity index is 1.84. The smallest absolute Gasteiger partial charge is 0.291 e. The number of fused-ring (bicyclic) bond motifs is 1. The fourth-order valence-corrected chi connectivity index (χ4v) is 3.43. The normalized spacial score (nSPS) is 13.7. The summed E-state index contributed by atoms with van der Waals surface area (Å²) in [5.41, 5.74) is 1.40. The van der Waals surface area contributed by atoms with Crippen LogP contribution in [0.3, 0.4) is 0 Å². The van der Waals surface area contributed by atoms with Crippen molar-refractivity contribution in [3.8, 4) is 5.75 Å². The SMILES string of the molecule is O=[N+]([O-])c1ccc(SN2Cc3ccc(O)cc3C2)c([N+](=O)[O-])c1. The molecule has 23 heavy (non-hydrogen) atoms. The summed E-state index contributed by atoms with van der Waals surface area (Å²) in [5, 5.41) is 31.4. The van der Waals surface area contributed by atoms with Crippen LogP contribution in [0.25, 0.3) is 0 Å². The number of rotatable bonds is 4. The molecule has 118 valence electrons. The van der Waals surface area contributed by atoms with E-state index in [9.17, 15) is 25.3 Å². The van der Waals surface area contributed by atoms with Gasteiger partial charge in [0.15, 0.2) is 0 Å². The lowest BCUT2D eigenvalue weighted by Gasteiger charge is -2.13. The van der Waals surface area contributed by atoms with Crippen LogP contribution >= 0.6 is 11.9 Å². The minimum Gasteiger partial charge on any atom is -0.508 e. The molecule has 0 atom stereocenters. The monoisotopic (exact) mass is 333 g/mol. The van der Waals surface area contributed by atoms with Crippen LogP contribution in [0.2, 0.25) is 0 Å². The lowest BCUT2D eigenvalue weighted by Crippen LogP contribution is -2.06. The van der Waals surface area contributed by atoms with Gasteiger partial charge in [0.05, 0.1) is 15.9 Å². The molecule has 8 nitrogen and oxygen atoms in total. The van der Waals surface area contributed by atoms with Crippen LogP contribution in [-0.2, 0) is 13.1 Å². The molecule has 0 radical (unpaired) electrons. The average molecular weight is 333 g/mol. The molecule has 0 spiro atoms. The number of non-ortho nitro benzene ring substituents is 1. The van der Waals surface area contributed by atoms with Gasteiger partial charge in [-0.2, -0.15) is 0 Å². The molecule has 2 aromatic carbocycles. The van der Waals surface area contributed by atoms with E-state index < -0.39 is 9.85 Å². The summed E-state index contributed by atoms with van der Waals surface area (Å²) in [6.45, 7) is 1.11. The fraction of sp³-hybridized carbons (Fsp3) is 0.143. The number of phenols is 1. The molecule has 0 fully saturated rings. The van der Waals surface area contributed by atoms with Gasteiger partial charge in [0.25, 0.3) is 11.4 Å². The third-order valence-corrected chi connectivity index (χ3v) is 4.52. The van der Waals surface area contributed by atoms with E-state index in [1.807, 2.05) is 10.4 Å². The molecule has 2 aromatic rings. The van der Waals surface area contributed by atoms with Crippen LogP contribution in [0.15, 0.2) is 41.3 Å². The van der Waals surface area contributed by atoms with Gasteiger partial charge in [-0.3, -0.25) is 20.2 Å². The molecule has 1 heterocycles. The third-order valence-electron chi connectivity index (χ3n) is 3.46. The largest absolute Gasteiger partial charge is 0.508 e. The first kappa shape index (κ1) is 15.3. The van der Waals surface area contributed by atoms with Crippen LogP contribution in [-0.4, -0.2) is 19.3 Å². The summed E-state index contributed by atoms with van der Waals surface area (Å²) >= 11 is 1.18. The van der Waals surface area contributed by atoms with E-state index in [-0.39, 0.29) is 17.1 Å². The highest BCUT2D eigenvalue weighted by atomic mass is 32.2. The molecule has 0 unspecified atom stereocenters. The fourth-order valence-electron chi connectivity index (χ4n) is 2.39. The van der Waals surface area contributed by atoms with Crippen molar-refractivity contribution < 1.29 is 15.0 Å². The minimum absolute atomic E-state index is 0.178. The van der Waals surface area contributed by atoms with Crippen LogP contribution < -0.4 is 0 Å². The molecule has 0 bridgehead atoms. The molecule has 0 saturated heterocycles. The number of benzene rings is 2. The van der Waals surface area contributed by atoms with Crippen LogP contribution in [0.1, 0.15) is 11.1 Å². The van der Waals surface area contributed by atoms with Crippen LogP contribution in [0, 0.1) is 20.2 Å². The summed E-state index contributed by atoms with van der Waals surface area (Å²) in [6, 6.07) is 8.69. The van der Waals surface area contributed by atoms with Crippen molar-refractivity contribution >= 4 is 23.3 Å². The highest BCUT2D eigenvalue weighted by molar-refractivity contribution is 7.97. The van der Waals surface area contributed by atoms with E-state index in [0.717, 1.165) is 17.2 Å². The van der Waals surface area contributed by atoms with Gasteiger partial charge in [-0.15, -0.1) is 0 Å². The summed E-state index contributed by atoms with van der Waals surface area (Å²) < 4.78 is 1.90. The number of hydrogen-bond donors (Lipinski definition) is 1. The summed E-state index contributed by atoms with van der Waals surface area (Å²) in [7, 11) is 0. The van der Waals surface area contributed by atoms with E-state index in [4.69, 9.17) is 0 Å². The molecule has 0 aromatic heterocycles. The summed E-state index contributed by atoms with van der Waals surface area (Å²) in [5.74, 6) is 0.178. The van der Waals surface area contributed by atoms with Gasteiger partial charge in [0.1, 0.15) is 10.6 Å². The number of nitro benzene ring substituents is 2. The van der Waals surface area contributed by atoms with E-state index in [1.165, 1.54) is 24.1 Å². The minimum atomic E-state index is -0.657. The number of phenolic OH excluding ortho intramolecular Hbond substituents is 1. The van der Waals surface area contributed by atoms with E-state index in [0.29, 0.717) is 18.0 Å². The van der Waals surface area contributed by atoms with Crippen molar-refractivity contribution in [2.75, 3.05) is 0 Å². The van der Waals surface area contributed by atoms with Gasteiger partial charge in [0.2, 0.25) is 0 Å². The molecule has 0 amide bonds. The van der Waals surface area contributed by atoms with E-state index in [1.54, 1.807) is 12.1 Å². The first-order valence-corrected chi connectivity index (χ1v) is 7.38. The predicted octanol–water partition coefficient (Wildman–Crippen LogP) is 3.23. The maximum absolute atomic E-state index is 11.2. The summed E-state index contributed by atoms with van der Waals surface area (Å²) in [6.07, 6.45) is 0. The third kappa shape index (κ3) is 3.10. The zero-order valence-electron chi connectivity index (χ0n) is 11.7. The Morgan fingerprint density at radius 1 is 1.00 bits per heavy atom. The Morgan fingerprint density at radius 2 is 1.74 bits per heavy atom. The predicted molar refractivity (Wildman–Crippen MR) is 83.0 cm³/mol. The molecular formula is C14H11N3O5S. The van der Waals surface area contributed by atoms with Gasteiger partial charge >= 0.3 is 0 Å². The molecule has 0 aliphatic carbocycles. The second-order valence-electron chi connectivity index (χ2n) is 5.01. The maximum atomic E-state index is 11.2. The highest BCUT2D eigenvalue weighted by Gasteiger charge is 2.25. The number of hydrogen-bond acceptors (Lipinski definition) is 7. The van der Waals surface area contributed by atoms with Gasteiger partial charge in [-0.05, 0) is 41.3 Å². The van der Waals surface area contributed by atoms with Gasteiger partial charge in [0, 0.05) is 19.2 Å². The molecule has 0 saturated carbocycles. The van der Waals surface area contributed by atoms with Crippen molar-refractivity contribution in [2.24, 2.45) is 0 Å². The Labute approximate surface area is 134 Å². The van der Waals surface area contributed by atoms with Crippen molar-refractivity contribution in [1.82, 2.24) is 4.31 Å². The topological polar surface area (TPSA) is 110 Å². The molecule has 9 heteroatoms. The second kappa shape index (κ2) is 5.86. The quantitative estimate of drug-likeness (QED) is 0.519. The number of nitrogens with zero attached hydrogens (tertiary/aromatic N) is 3. The Kier molecular flexibility index (Phi) is 3.89. The Hall–Kier alpha value is -2.65. The summed E-state index contributed by atoms with van der Waals surface area (Å²) in [4.78, 5) is 21.0. The molecular weight excluding hydrogens is 322 g/mol. The first-order valence-electron chi connectivity index (χ1n) is 6.60. The number of nitro groups is 2. The van der Waals surface area contributed by atoms with E-state index >= 15 is 0 Å². The molecule has 1 N–H and O–H groups in total. The first-order chi connectivity index (χ1) is 10.9. The average Bonchev–Trinajstić information content (AvgIpc) is 2.88. The zero-order valence-corrected chi connectivity index (χ0v) is 12.5. The van der Waals surface area contributed by atoms with Crippen LogP contribution in [0.5, 0.6) is 5.75 Å². The maximum Gasteiger partial charge on any atom is 0.291 e. The van der Waals surface area contributed by atoms with Crippen molar-refractivity contribution in [3.05, 3.63) is 67.8 Å².